The Kier molecular flexibility index (Phi) is 2.93. The number of benzene rings is 2. The van der Waals surface area contributed by atoms with Crippen molar-refractivity contribution in [2.24, 2.45) is 0 Å². The zero-order valence-electron chi connectivity index (χ0n) is 11.0. The van der Waals surface area contributed by atoms with Crippen LogP contribution < -0.4 is 5.73 Å². The van der Waals surface area contributed by atoms with Crippen LogP contribution in [0.5, 0.6) is 0 Å². The van der Waals surface area contributed by atoms with Crippen LogP contribution in [0.15, 0.2) is 30.3 Å². The first-order valence-corrected chi connectivity index (χ1v) is 5.93. The molecule has 2 aromatic rings. The maximum atomic E-state index is 5.88. The largest absolute Gasteiger partial charge is 0.399 e. The molecule has 0 spiro atoms. The summed E-state index contributed by atoms with van der Waals surface area (Å²) in [4.78, 5) is 0. The van der Waals surface area contributed by atoms with Gasteiger partial charge in [-0.2, -0.15) is 0 Å². The van der Waals surface area contributed by atoms with Crippen molar-refractivity contribution in [1.29, 1.82) is 0 Å². The van der Waals surface area contributed by atoms with Crippen LogP contribution in [-0.2, 0) is 0 Å². The molecule has 0 fully saturated rings. The molecule has 2 N–H and O–H groups in total. The molecular weight excluding hydrogens is 206 g/mol. The highest BCUT2D eigenvalue weighted by Gasteiger charge is 2.07. The van der Waals surface area contributed by atoms with Crippen molar-refractivity contribution in [3.63, 3.8) is 0 Å². The van der Waals surface area contributed by atoms with Gasteiger partial charge < -0.3 is 5.73 Å². The molecule has 0 saturated heterocycles. The third kappa shape index (κ3) is 2.19. The van der Waals surface area contributed by atoms with Gasteiger partial charge in [0.05, 0.1) is 0 Å². The van der Waals surface area contributed by atoms with Gasteiger partial charge in [0, 0.05) is 5.69 Å². The lowest BCUT2D eigenvalue weighted by atomic mass is 9.93. The fourth-order valence-corrected chi connectivity index (χ4v) is 2.18. The van der Waals surface area contributed by atoms with E-state index in [4.69, 9.17) is 5.73 Å². The first-order valence-electron chi connectivity index (χ1n) is 5.93. The van der Waals surface area contributed by atoms with Crippen molar-refractivity contribution in [3.8, 4) is 11.1 Å². The summed E-state index contributed by atoms with van der Waals surface area (Å²) in [6.07, 6.45) is 0. The Morgan fingerprint density at radius 1 is 0.647 bits per heavy atom. The predicted molar refractivity (Wildman–Crippen MR) is 75.2 cm³/mol. The minimum atomic E-state index is 0.822. The van der Waals surface area contributed by atoms with Crippen LogP contribution >= 0.6 is 0 Å². The number of rotatable bonds is 1. The number of nitrogen functional groups attached to an aromatic ring is 1. The van der Waals surface area contributed by atoms with E-state index in [-0.39, 0.29) is 0 Å². The van der Waals surface area contributed by atoms with Crippen LogP contribution in [0.2, 0.25) is 0 Å². The molecular formula is C16H19N. The van der Waals surface area contributed by atoms with Crippen molar-refractivity contribution in [2.45, 2.75) is 27.7 Å². The molecule has 0 aliphatic carbocycles. The third-order valence-corrected chi connectivity index (χ3v) is 3.39. The van der Waals surface area contributed by atoms with Gasteiger partial charge >= 0.3 is 0 Å². The van der Waals surface area contributed by atoms with Gasteiger partial charge in [-0.1, -0.05) is 18.2 Å². The Morgan fingerprint density at radius 3 is 1.94 bits per heavy atom. The molecule has 1 heteroatoms. The van der Waals surface area contributed by atoms with E-state index in [1.807, 2.05) is 6.07 Å². The second kappa shape index (κ2) is 4.25. The summed E-state index contributed by atoms with van der Waals surface area (Å²) in [6, 6.07) is 10.6. The van der Waals surface area contributed by atoms with Gasteiger partial charge in [-0.3, -0.25) is 0 Å². The molecule has 0 radical (unpaired) electrons. The SMILES string of the molecule is Cc1cc(C)c(-c2cc(N)ccc2C)cc1C. The fraction of sp³-hybridized carbons (Fsp3) is 0.250. The summed E-state index contributed by atoms with van der Waals surface area (Å²) < 4.78 is 0. The lowest BCUT2D eigenvalue weighted by molar-refractivity contribution is 1.29. The van der Waals surface area contributed by atoms with E-state index in [9.17, 15) is 0 Å². The van der Waals surface area contributed by atoms with Gasteiger partial charge in [-0.15, -0.1) is 0 Å². The lowest BCUT2D eigenvalue weighted by Crippen LogP contribution is -1.93. The summed E-state index contributed by atoms with van der Waals surface area (Å²) in [5, 5.41) is 0. The van der Waals surface area contributed by atoms with Crippen LogP contribution in [-0.4, -0.2) is 0 Å². The van der Waals surface area contributed by atoms with Crippen LogP contribution in [0.4, 0.5) is 5.69 Å². The summed E-state index contributed by atoms with van der Waals surface area (Å²) >= 11 is 0. The van der Waals surface area contributed by atoms with Crippen LogP contribution in [0.1, 0.15) is 22.3 Å². The van der Waals surface area contributed by atoms with Crippen molar-refractivity contribution in [1.82, 2.24) is 0 Å². The first kappa shape index (κ1) is 11.7. The lowest BCUT2D eigenvalue weighted by Gasteiger charge is -2.13. The normalized spacial score (nSPS) is 10.6. The molecule has 0 atom stereocenters. The Labute approximate surface area is 103 Å². The number of hydrogen-bond donors (Lipinski definition) is 1. The quantitative estimate of drug-likeness (QED) is 0.724. The van der Waals surface area contributed by atoms with Gasteiger partial charge in [0.15, 0.2) is 0 Å². The third-order valence-electron chi connectivity index (χ3n) is 3.39. The summed E-state index contributed by atoms with van der Waals surface area (Å²) in [6.45, 7) is 8.59. The minimum absolute atomic E-state index is 0.822. The minimum Gasteiger partial charge on any atom is -0.399 e. The Hall–Kier alpha value is -1.76. The molecule has 0 aromatic heterocycles. The van der Waals surface area contributed by atoms with Crippen LogP contribution in [0.25, 0.3) is 11.1 Å². The van der Waals surface area contributed by atoms with Crippen LogP contribution in [0.3, 0.4) is 0 Å². The summed E-state index contributed by atoms with van der Waals surface area (Å²) in [5.74, 6) is 0. The standard InChI is InChI=1S/C16H19N/c1-10-5-6-14(17)9-16(10)15-8-12(3)11(2)7-13(15)4/h5-9H,17H2,1-4H3. The number of aryl methyl sites for hydroxylation is 4. The average molecular weight is 225 g/mol. The molecule has 2 aromatic carbocycles. The number of anilines is 1. The topological polar surface area (TPSA) is 26.0 Å². The zero-order valence-corrected chi connectivity index (χ0v) is 11.0. The number of hydrogen-bond acceptors (Lipinski definition) is 1. The van der Waals surface area contributed by atoms with Gasteiger partial charge in [0.1, 0.15) is 0 Å². The van der Waals surface area contributed by atoms with E-state index in [1.165, 1.54) is 33.4 Å². The van der Waals surface area contributed by atoms with Crippen molar-refractivity contribution >= 4 is 5.69 Å². The molecule has 88 valence electrons. The fourth-order valence-electron chi connectivity index (χ4n) is 2.18. The monoisotopic (exact) mass is 225 g/mol. The van der Waals surface area contributed by atoms with Gasteiger partial charge in [-0.25, -0.2) is 0 Å². The van der Waals surface area contributed by atoms with E-state index >= 15 is 0 Å². The highest BCUT2D eigenvalue weighted by Crippen LogP contribution is 2.30. The zero-order chi connectivity index (χ0) is 12.6. The van der Waals surface area contributed by atoms with Crippen LogP contribution in [0, 0.1) is 27.7 Å². The molecule has 2 rings (SSSR count). The Balaban J connectivity index is 2.68. The maximum absolute atomic E-state index is 5.88. The Bertz CT molecular complexity index is 568. The summed E-state index contributed by atoms with van der Waals surface area (Å²) in [7, 11) is 0. The molecule has 0 unspecified atom stereocenters. The second-order valence-electron chi connectivity index (χ2n) is 4.83. The van der Waals surface area contributed by atoms with Gasteiger partial charge in [0.2, 0.25) is 0 Å². The molecule has 0 aliphatic rings. The molecule has 1 nitrogen and oxygen atoms in total. The van der Waals surface area contributed by atoms with E-state index < -0.39 is 0 Å². The number of nitrogens with two attached hydrogens (primary N) is 1. The van der Waals surface area contributed by atoms with Gasteiger partial charge in [-0.05, 0) is 73.2 Å². The smallest absolute Gasteiger partial charge is 0.0320 e. The maximum Gasteiger partial charge on any atom is 0.0320 e. The van der Waals surface area contributed by atoms with E-state index in [0.29, 0.717) is 0 Å². The highest BCUT2D eigenvalue weighted by atomic mass is 14.5. The highest BCUT2D eigenvalue weighted by molar-refractivity contribution is 5.74. The molecule has 0 amide bonds. The molecule has 17 heavy (non-hydrogen) atoms. The van der Waals surface area contributed by atoms with E-state index in [2.05, 4.69) is 52.0 Å². The predicted octanol–water partition coefficient (Wildman–Crippen LogP) is 4.17. The molecule has 0 aliphatic heterocycles. The first-order chi connectivity index (χ1) is 7.99. The van der Waals surface area contributed by atoms with Crippen molar-refractivity contribution in [2.75, 3.05) is 5.73 Å². The second-order valence-corrected chi connectivity index (χ2v) is 4.83. The van der Waals surface area contributed by atoms with E-state index in [1.54, 1.807) is 0 Å². The van der Waals surface area contributed by atoms with E-state index in [0.717, 1.165) is 5.69 Å². The molecule has 0 heterocycles. The molecule has 0 bridgehead atoms. The summed E-state index contributed by atoms with van der Waals surface area (Å²) in [5.41, 5.74) is 14.5. The van der Waals surface area contributed by atoms with Gasteiger partial charge in [0.25, 0.3) is 0 Å². The Morgan fingerprint density at radius 2 is 1.24 bits per heavy atom. The van der Waals surface area contributed by atoms with Crippen molar-refractivity contribution in [3.05, 3.63) is 52.6 Å². The average Bonchev–Trinajstić information content (AvgIpc) is 2.27. The molecule has 0 saturated carbocycles. The van der Waals surface area contributed by atoms with Crippen molar-refractivity contribution < 1.29 is 0 Å².